The zero-order valence-electron chi connectivity index (χ0n) is 22.2. The van der Waals surface area contributed by atoms with Crippen molar-refractivity contribution in [3.8, 4) is 22.8 Å². The van der Waals surface area contributed by atoms with Crippen LogP contribution < -0.4 is 20.2 Å². The molecule has 1 N–H and O–H groups in total. The first-order valence-corrected chi connectivity index (χ1v) is 12.4. The summed E-state index contributed by atoms with van der Waals surface area (Å²) < 4.78 is 17.5. The van der Waals surface area contributed by atoms with E-state index in [1.54, 1.807) is 30.3 Å². The van der Waals surface area contributed by atoms with Gasteiger partial charge in [0.15, 0.2) is 12.4 Å². The molecule has 0 aliphatic carbocycles. The lowest BCUT2D eigenvalue weighted by molar-refractivity contribution is -0.118. The molecule has 0 radical (unpaired) electrons. The van der Waals surface area contributed by atoms with Gasteiger partial charge in [0.2, 0.25) is 11.2 Å². The molecule has 0 bridgehead atoms. The van der Waals surface area contributed by atoms with E-state index in [4.69, 9.17) is 13.9 Å². The van der Waals surface area contributed by atoms with Crippen molar-refractivity contribution in [1.82, 2.24) is 0 Å². The molecule has 192 valence electrons. The summed E-state index contributed by atoms with van der Waals surface area (Å²) in [5, 5.41) is 3.20. The summed E-state index contributed by atoms with van der Waals surface area (Å²) in [7, 11) is 0. The van der Waals surface area contributed by atoms with Gasteiger partial charge in [0, 0.05) is 11.3 Å². The Bertz CT molecular complexity index is 1480. The smallest absolute Gasteiger partial charge is 0.262 e. The quantitative estimate of drug-likeness (QED) is 0.303. The zero-order valence-corrected chi connectivity index (χ0v) is 22.2. The highest BCUT2D eigenvalue weighted by molar-refractivity contribution is 5.92. The first-order chi connectivity index (χ1) is 17.6. The summed E-state index contributed by atoms with van der Waals surface area (Å²) in [5.74, 6) is 0.645. The molecular formula is C31H33NO5. The molecule has 0 spiro atoms. The van der Waals surface area contributed by atoms with Crippen molar-refractivity contribution < 1.29 is 18.7 Å². The van der Waals surface area contributed by atoms with Crippen molar-refractivity contribution in [1.29, 1.82) is 0 Å². The van der Waals surface area contributed by atoms with E-state index in [2.05, 4.69) is 26.1 Å². The average Bonchev–Trinajstić information content (AvgIpc) is 2.85. The molecular weight excluding hydrogens is 466 g/mol. The third-order valence-corrected chi connectivity index (χ3v) is 6.27. The summed E-state index contributed by atoms with van der Waals surface area (Å²) in [6, 6.07) is 18.6. The number of carbonyl (C=O) groups is 1. The van der Waals surface area contributed by atoms with Gasteiger partial charge in [-0.3, -0.25) is 9.59 Å². The molecule has 0 saturated carbocycles. The third kappa shape index (κ3) is 5.85. The SMILES string of the molecule is CCOc1ccc(NC(=O)COc2c(-c3ccc(C(C)(C)C)cc3)oc3cc(C)c(C)cc3c2=O)cc1. The third-order valence-electron chi connectivity index (χ3n) is 6.27. The highest BCUT2D eigenvalue weighted by atomic mass is 16.5. The fraction of sp³-hybridized carbons (Fsp3) is 0.290. The van der Waals surface area contributed by atoms with E-state index >= 15 is 0 Å². The number of hydrogen-bond donors (Lipinski definition) is 1. The van der Waals surface area contributed by atoms with Crippen LogP contribution in [0.5, 0.6) is 11.5 Å². The second-order valence-corrected chi connectivity index (χ2v) is 10.1. The standard InChI is InChI=1S/C31H33NO5/c1-7-35-24-14-12-23(13-15-24)32-27(33)18-36-30-28(34)25-16-19(2)20(3)17-26(25)37-29(30)21-8-10-22(11-9-21)31(4,5)6/h8-17H,7,18H2,1-6H3,(H,32,33). The number of nitrogens with one attached hydrogen (secondary N) is 1. The van der Waals surface area contributed by atoms with Gasteiger partial charge in [-0.15, -0.1) is 0 Å². The van der Waals surface area contributed by atoms with Gasteiger partial charge in [0.1, 0.15) is 11.3 Å². The van der Waals surface area contributed by atoms with Gasteiger partial charge in [0.25, 0.3) is 5.91 Å². The molecule has 0 atom stereocenters. The Morgan fingerprint density at radius 3 is 2.19 bits per heavy atom. The van der Waals surface area contributed by atoms with Gasteiger partial charge in [-0.1, -0.05) is 45.0 Å². The lowest BCUT2D eigenvalue weighted by Crippen LogP contribution is -2.22. The van der Waals surface area contributed by atoms with Crippen molar-refractivity contribution in [2.24, 2.45) is 0 Å². The lowest BCUT2D eigenvalue weighted by Gasteiger charge is -2.19. The summed E-state index contributed by atoms with van der Waals surface area (Å²) in [5.41, 5.74) is 4.61. The van der Waals surface area contributed by atoms with Crippen molar-refractivity contribution in [3.05, 3.63) is 87.6 Å². The van der Waals surface area contributed by atoms with Crippen LogP contribution >= 0.6 is 0 Å². The molecule has 1 amide bonds. The van der Waals surface area contributed by atoms with Crippen molar-refractivity contribution in [2.45, 2.75) is 47.0 Å². The predicted octanol–water partition coefficient (Wildman–Crippen LogP) is 6.79. The maximum atomic E-state index is 13.6. The number of aryl methyl sites for hydroxylation is 2. The molecule has 6 nitrogen and oxygen atoms in total. The molecule has 0 fully saturated rings. The number of carbonyl (C=O) groups excluding carboxylic acids is 1. The maximum absolute atomic E-state index is 13.6. The number of benzene rings is 3. The minimum Gasteiger partial charge on any atom is -0.494 e. The molecule has 0 saturated heterocycles. The number of anilines is 1. The van der Waals surface area contributed by atoms with Crippen LogP contribution in [0, 0.1) is 13.8 Å². The Morgan fingerprint density at radius 2 is 1.57 bits per heavy atom. The Morgan fingerprint density at radius 1 is 0.919 bits per heavy atom. The largest absolute Gasteiger partial charge is 0.494 e. The fourth-order valence-corrected chi connectivity index (χ4v) is 4.01. The van der Waals surface area contributed by atoms with E-state index in [9.17, 15) is 9.59 Å². The highest BCUT2D eigenvalue weighted by Gasteiger charge is 2.21. The minimum atomic E-state index is -0.391. The summed E-state index contributed by atoms with van der Waals surface area (Å²) >= 11 is 0. The van der Waals surface area contributed by atoms with Gasteiger partial charge in [-0.2, -0.15) is 0 Å². The molecule has 0 aliphatic heterocycles. The second kappa shape index (κ2) is 10.5. The van der Waals surface area contributed by atoms with Crippen LogP contribution in [0.4, 0.5) is 5.69 Å². The molecule has 4 rings (SSSR count). The van der Waals surface area contributed by atoms with Crippen LogP contribution in [0.15, 0.2) is 69.9 Å². The minimum absolute atomic E-state index is 0.0149. The normalized spacial score (nSPS) is 11.4. The van der Waals surface area contributed by atoms with Crippen LogP contribution in [-0.2, 0) is 10.2 Å². The van der Waals surface area contributed by atoms with E-state index in [-0.39, 0.29) is 23.2 Å². The van der Waals surface area contributed by atoms with Crippen molar-refractivity contribution in [2.75, 3.05) is 18.5 Å². The van der Waals surface area contributed by atoms with E-state index in [1.807, 2.05) is 51.1 Å². The van der Waals surface area contributed by atoms with E-state index < -0.39 is 5.91 Å². The van der Waals surface area contributed by atoms with Crippen LogP contribution in [0.2, 0.25) is 0 Å². The fourth-order valence-electron chi connectivity index (χ4n) is 4.01. The van der Waals surface area contributed by atoms with Crippen molar-refractivity contribution >= 4 is 22.6 Å². The summed E-state index contributed by atoms with van der Waals surface area (Å²) in [4.78, 5) is 26.2. The Kier molecular flexibility index (Phi) is 7.39. The van der Waals surface area contributed by atoms with Gasteiger partial charge < -0.3 is 19.2 Å². The van der Waals surface area contributed by atoms with E-state index in [0.717, 1.165) is 22.4 Å². The van der Waals surface area contributed by atoms with Crippen LogP contribution in [0.25, 0.3) is 22.3 Å². The molecule has 6 heteroatoms. The average molecular weight is 500 g/mol. The molecule has 1 heterocycles. The Labute approximate surface area is 217 Å². The maximum Gasteiger partial charge on any atom is 0.262 e. The first-order valence-electron chi connectivity index (χ1n) is 12.4. The predicted molar refractivity (Wildman–Crippen MR) is 148 cm³/mol. The number of rotatable bonds is 7. The molecule has 37 heavy (non-hydrogen) atoms. The van der Waals surface area contributed by atoms with Crippen molar-refractivity contribution in [3.63, 3.8) is 0 Å². The van der Waals surface area contributed by atoms with E-state index in [1.165, 1.54) is 0 Å². The number of amides is 1. The molecule has 0 unspecified atom stereocenters. The van der Waals surface area contributed by atoms with Gasteiger partial charge >= 0.3 is 0 Å². The Balaban J connectivity index is 1.67. The summed E-state index contributed by atoms with van der Waals surface area (Å²) in [6.07, 6.45) is 0. The molecule has 3 aromatic carbocycles. The van der Waals surface area contributed by atoms with Gasteiger partial charge in [0.05, 0.1) is 12.0 Å². The molecule has 1 aromatic heterocycles. The monoisotopic (exact) mass is 499 g/mol. The van der Waals surface area contributed by atoms with E-state index in [0.29, 0.717) is 34.6 Å². The van der Waals surface area contributed by atoms with Crippen LogP contribution in [-0.4, -0.2) is 19.1 Å². The lowest BCUT2D eigenvalue weighted by atomic mass is 9.86. The molecule has 0 aliphatic rings. The number of ether oxygens (including phenoxy) is 2. The zero-order chi connectivity index (χ0) is 26.7. The topological polar surface area (TPSA) is 77.8 Å². The number of fused-ring (bicyclic) bond motifs is 1. The first kappa shape index (κ1) is 26.0. The second-order valence-electron chi connectivity index (χ2n) is 10.1. The number of hydrogen-bond acceptors (Lipinski definition) is 5. The van der Waals surface area contributed by atoms with Crippen LogP contribution in [0.1, 0.15) is 44.4 Å². The molecule has 4 aromatic rings. The highest BCUT2D eigenvalue weighted by Crippen LogP contribution is 2.33. The van der Waals surface area contributed by atoms with Gasteiger partial charge in [-0.25, -0.2) is 0 Å². The van der Waals surface area contributed by atoms with Crippen LogP contribution in [0.3, 0.4) is 0 Å². The van der Waals surface area contributed by atoms with Gasteiger partial charge in [-0.05, 0) is 79.3 Å². The summed E-state index contributed by atoms with van der Waals surface area (Å²) in [6.45, 7) is 12.5. The Hall–Kier alpha value is -4.06.